The van der Waals surface area contributed by atoms with Crippen LogP contribution in [0.15, 0.2) is 12.1 Å². The number of hydrogen-bond donors (Lipinski definition) is 1. The van der Waals surface area contributed by atoms with E-state index < -0.39 is 0 Å². The van der Waals surface area contributed by atoms with Crippen LogP contribution >= 0.6 is 11.6 Å². The summed E-state index contributed by atoms with van der Waals surface area (Å²) < 4.78 is 18.5. The lowest BCUT2D eigenvalue weighted by molar-refractivity contribution is 0.312. The molecule has 2 nitrogen and oxygen atoms in total. The van der Waals surface area contributed by atoms with Crippen LogP contribution in [0.25, 0.3) is 0 Å². The molecule has 0 amide bonds. The quantitative estimate of drug-likeness (QED) is 0.846. The lowest BCUT2D eigenvalue weighted by Crippen LogP contribution is -2.07. The summed E-state index contributed by atoms with van der Waals surface area (Å²) in [7, 11) is 0. The van der Waals surface area contributed by atoms with Crippen molar-refractivity contribution in [3.8, 4) is 5.75 Å². The van der Waals surface area contributed by atoms with Gasteiger partial charge in [0.15, 0.2) is 0 Å². The standard InChI is InChI=1S/C11H15ClFNO/c1-2-5-15-11-7-8(13)6-10(12)9(11)3-4-14/h6-7H,2-5,14H2,1H3. The zero-order valence-corrected chi connectivity index (χ0v) is 9.48. The predicted octanol–water partition coefficient (Wildman–Crippen LogP) is 2.77. The molecule has 0 aliphatic carbocycles. The number of nitrogens with two attached hydrogens (primary N) is 1. The van der Waals surface area contributed by atoms with Crippen molar-refractivity contribution in [3.05, 3.63) is 28.5 Å². The van der Waals surface area contributed by atoms with Crippen LogP contribution in [0.2, 0.25) is 5.02 Å². The smallest absolute Gasteiger partial charge is 0.128 e. The van der Waals surface area contributed by atoms with Crippen molar-refractivity contribution >= 4 is 11.6 Å². The zero-order valence-electron chi connectivity index (χ0n) is 8.72. The molecular formula is C11H15ClFNO. The Hall–Kier alpha value is -0.800. The normalized spacial score (nSPS) is 10.4. The third-order valence-electron chi connectivity index (χ3n) is 1.98. The molecule has 15 heavy (non-hydrogen) atoms. The van der Waals surface area contributed by atoms with Gasteiger partial charge in [0.1, 0.15) is 11.6 Å². The minimum atomic E-state index is -0.383. The molecule has 0 aliphatic rings. The van der Waals surface area contributed by atoms with Crippen LogP contribution < -0.4 is 10.5 Å². The maximum absolute atomic E-state index is 13.1. The highest BCUT2D eigenvalue weighted by Gasteiger charge is 2.10. The van der Waals surface area contributed by atoms with Gasteiger partial charge in [-0.2, -0.15) is 0 Å². The van der Waals surface area contributed by atoms with Crippen molar-refractivity contribution in [1.29, 1.82) is 0 Å². The summed E-state index contributed by atoms with van der Waals surface area (Å²) in [5.41, 5.74) is 6.24. The Morgan fingerprint density at radius 1 is 1.47 bits per heavy atom. The summed E-state index contributed by atoms with van der Waals surface area (Å²) in [5.74, 6) is 0.124. The highest BCUT2D eigenvalue weighted by atomic mass is 35.5. The van der Waals surface area contributed by atoms with E-state index >= 15 is 0 Å². The Morgan fingerprint density at radius 2 is 2.20 bits per heavy atom. The summed E-state index contributed by atoms with van der Waals surface area (Å²) in [6, 6.07) is 2.64. The second kappa shape index (κ2) is 5.93. The van der Waals surface area contributed by atoms with Gasteiger partial charge in [-0.15, -0.1) is 0 Å². The molecule has 1 rings (SSSR count). The molecule has 0 atom stereocenters. The molecule has 0 saturated heterocycles. The van der Waals surface area contributed by atoms with E-state index in [9.17, 15) is 4.39 Å². The van der Waals surface area contributed by atoms with Crippen LogP contribution in [0.4, 0.5) is 4.39 Å². The summed E-state index contributed by atoms with van der Waals surface area (Å²) in [5, 5.41) is 0.381. The Morgan fingerprint density at radius 3 is 2.80 bits per heavy atom. The van der Waals surface area contributed by atoms with Gasteiger partial charge in [0, 0.05) is 11.6 Å². The zero-order chi connectivity index (χ0) is 11.3. The van der Waals surface area contributed by atoms with Crippen LogP contribution in [0.1, 0.15) is 18.9 Å². The number of rotatable bonds is 5. The van der Waals surface area contributed by atoms with Crippen LogP contribution in [-0.4, -0.2) is 13.2 Å². The molecule has 0 heterocycles. The van der Waals surface area contributed by atoms with Gasteiger partial charge in [-0.25, -0.2) is 4.39 Å². The molecule has 1 aromatic rings. The summed E-state index contributed by atoms with van der Waals surface area (Å²) in [6.45, 7) is 3.01. The first-order chi connectivity index (χ1) is 7.19. The lowest BCUT2D eigenvalue weighted by atomic mass is 10.1. The first kappa shape index (κ1) is 12.3. The number of benzene rings is 1. The van der Waals surface area contributed by atoms with Crippen molar-refractivity contribution in [1.82, 2.24) is 0 Å². The van der Waals surface area contributed by atoms with Crippen molar-refractivity contribution in [2.45, 2.75) is 19.8 Å². The minimum absolute atomic E-state index is 0.381. The average Bonchev–Trinajstić information content (AvgIpc) is 2.19. The molecule has 0 saturated carbocycles. The fourth-order valence-corrected chi connectivity index (χ4v) is 1.60. The highest BCUT2D eigenvalue weighted by molar-refractivity contribution is 6.31. The fraction of sp³-hybridized carbons (Fsp3) is 0.455. The molecule has 1 aromatic carbocycles. The van der Waals surface area contributed by atoms with Gasteiger partial charge in [-0.1, -0.05) is 18.5 Å². The van der Waals surface area contributed by atoms with E-state index in [1.165, 1.54) is 12.1 Å². The second-order valence-electron chi connectivity index (χ2n) is 3.25. The van der Waals surface area contributed by atoms with Gasteiger partial charge in [0.2, 0.25) is 0 Å². The van der Waals surface area contributed by atoms with Gasteiger partial charge in [0.05, 0.1) is 11.6 Å². The van der Waals surface area contributed by atoms with Crippen LogP contribution in [0, 0.1) is 5.82 Å². The van der Waals surface area contributed by atoms with Gasteiger partial charge in [0.25, 0.3) is 0 Å². The molecule has 0 bridgehead atoms. The summed E-state index contributed by atoms with van der Waals surface area (Å²) >= 11 is 5.92. The minimum Gasteiger partial charge on any atom is -0.493 e. The van der Waals surface area contributed by atoms with E-state index in [-0.39, 0.29) is 5.82 Å². The lowest BCUT2D eigenvalue weighted by Gasteiger charge is -2.12. The molecule has 84 valence electrons. The predicted molar refractivity (Wildman–Crippen MR) is 60.0 cm³/mol. The van der Waals surface area contributed by atoms with E-state index in [1.807, 2.05) is 6.92 Å². The van der Waals surface area contributed by atoms with E-state index in [4.69, 9.17) is 22.1 Å². The number of hydrogen-bond acceptors (Lipinski definition) is 2. The third-order valence-corrected chi connectivity index (χ3v) is 2.31. The van der Waals surface area contributed by atoms with Gasteiger partial charge >= 0.3 is 0 Å². The van der Waals surface area contributed by atoms with Crippen molar-refractivity contribution in [3.63, 3.8) is 0 Å². The average molecular weight is 232 g/mol. The first-order valence-corrected chi connectivity index (χ1v) is 5.37. The Bertz CT molecular complexity index is 331. The Labute approximate surface area is 94.2 Å². The number of halogens is 2. The summed E-state index contributed by atoms with van der Waals surface area (Å²) in [4.78, 5) is 0. The largest absolute Gasteiger partial charge is 0.493 e. The SMILES string of the molecule is CCCOc1cc(F)cc(Cl)c1CCN. The molecular weight excluding hydrogens is 217 g/mol. The van der Waals surface area contributed by atoms with E-state index in [0.29, 0.717) is 30.3 Å². The fourth-order valence-electron chi connectivity index (χ4n) is 1.31. The molecule has 0 fully saturated rings. The molecule has 0 spiro atoms. The third kappa shape index (κ3) is 3.36. The summed E-state index contributed by atoms with van der Waals surface area (Å²) in [6.07, 6.45) is 1.47. The van der Waals surface area contributed by atoms with Crippen LogP contribution in [-0.2, 0) is 6.42 Å². The molecule has 0 aromatic heterocycles. The molecule has 0 aliphatic heterocycles. The van der Waals surface area contributed by atoms with Gasteiger partial charge in [-0.3, -0.25) is 0 Å². The maximum atomic E-state index is 13.1. The van der Waals surface area contributed by atoms with E-state index in [2.05, 4.69) is 0 Å². The van der Waals surface area contributed by atoms with Crippen LogP contribution in [0.5, 0.6) is 5.75 Å². The van der Waals surface area contributed by atoms with Crippen molar-refractivity contribution in [2.24, 2.45) is 5.73 Å². The van der Waals surface area contributed by atoms with Gasteiger partial charge < -0.3 is 10.5 Å². The highest BCUT2D eigenvalue weighted by Crippen LogP contribution is 2.28. The maximum Gasteiger partial charge on any atom is 0.128 e. The number of ether oxygens (including phenoxy) is 1. The Kier molecular flexibility index (Phi) is 4.85. The van der Waals surface area contributed by atoms with E-state index in [0.717, 1.165) is 12.0 Å². The molecule has 2 N–H and O–H groups in total. The monoisotopic (exact) mass is 231 g/mol. The van der Waals surface area contributed by atoms with Crippen molar-refractivity contribution in [2.75, 3.05) is 13.2 Å². The van der Waals surface area contributed by atoms with Gasteiger partial charge in [-0.05, 0) is 25.5 Å². The Balaban J connectivity index is 2.97. The topological polar surface area (TPSA) is 35.2 Å². The van der Waals surface area contributed by atoms with Crippen LogP contribution in [0.3, 0.4) is 0 Å². The molecule has 4 heteroatoms. The second-order valence-corrected chi connectivity index (χ2v) is 3.66. The first-order valence-electron chi connectivity index (χ1n) is 4.99. The molecule has 0 radical (unpaired) electrons. The van der Waals surface area contributed by atoms with E-state index in [1.54, 1.807) is 0 Å². The molecule has 0 unspecified atom stereocenters. The van der Waals surface area contributed by atoms with Crippen molar-refractivity contribution < 1.29 is 9.13 Å².